The molecule has 200 valence electrons. The molecule has 0 aromatic heterocycles. The Balaban J connectivity index is 1.28. The molecule has 0 radical (unpaired) electrons. The van der Waals surface area contributed by atoms with E-state index < -0.39 is 47.3 Å². The standard InChI is InChI=1S/C30H28N2O7/c1-14-11-16-12-22(25-15(2)27(36)31(29(25)38)17-3-7-19(33)8-4-17)23(35)13-21(16)26-24(14)28(37)32(30(26)39)18-5-9-20(34)10-6-18/h3-11,14-15,21-22,24-26,33-34H,12-13H2,1-2H3. The summed E-state index contributed by atoms with van der Waals surface area (Å²) in [4.78, 5) is 69.6. The molecule has 2 N–H and O–H groups in total. The second-order valence-electron chi connectivity index (χ2n) is 11.1. The predicted molar refractivity (Wildman–Crippen MR) is 139 cm³/mol. The average Bonchev–Trinajstić information content (AvgIpc) is 3.29. The van der Waals surface area contributed by atoms with Crippen molar-refractivity contribution in [3.05, 3.63) is 60.2 Å². The molecule has 7 unspecified atom stereocenters. The number of benzene rings is 2. The van der Waals surface area contributed by atoms with Crippen molar-refractivity contribution in [1.82, 2.24) is 0 Å². The molecule has 7 atom stereocenters. The smallest absolute Gasteiger partial charge is 0.238 e. The first-order valence-corrected chi connectivity index (χ1v) is 13.2. The lowest BCUT2D eigenvalue weighted by Gasteiger charge is -2.41. The highest BCUT2D eigenvalue weighted by molar-refractivity contribution is 6.24. The van der Waals surface area contributed by atoms with Gasteiger partial charge in [-0.05, 0) is 66.8 Å². The van der Waals surface area contributed by atoms with Crippen molar-refractivity contribution >= 4 is 40.8 Å². The van der Waals surface area contributed by atoms with Gasteiger partial charge in [0.15, 0.2) is 0 Å². The van der Waals surface area contributed by atoms with Crippen LogP contribution in [0.3, 0.4) is 0 Å². The van der Waals surface area contributed by atoms with Gasteiger partial charge in [0, 0.05) is 18.3 Å². The molecular weight excluding hydrogens is 500 g/mol. The Labute approximate surface area is 224 Å². The first kappa shape index (κ1) is 25.0. The number of hydrogen-bond donors (Lipinski definition) is 2. The lowest BCUT2D eigenvalue weighted by Crippen LogP contribution is -2.44. The van der Waals surface area contributed by atoms with Crippen LogP contribution in [0.1, 0.15) is 26.7 Å². The fourth-order valence-electron chi connectivity index (χ4n) is 7.09. The minimum absolute atomic E-state index is 0.0107. The average molecular weight is 529 g/mol. The van der Waals surface area contributed by atoms with Crippen molar-refractivity contribution in [3.8, 4) is 11.5 Å². The Kier molecular flexibility index (Phi) is 5.71. The molecule has 3 fully saturated rings. The van der Waals surface area contributed by atoms with Gasteiger partial charge in [0.1, 0.15) is 17.3 Å². The van der Waals surface area contributed by atoms with E-state index in [0.29, 0.717) is 11.4 Å². The van der Waals surface area contributed by atoms with Crippen molar-refractivity contribution in [2.24, 2.45) is 41.4 Å². The SMILES string of the molecule is CC1C=C2CC(C3C(=O)N(c4ccc(O)cc4)C(=O)C3C)C(=O)CC2C2C(=O)N(c3ccc(O)cc3)C(=O)C12. The van der Waals surface area contributed by atoms with Gasteiger partial charge in [-0.15, -0.1) is 0 Å². The molecule has 2 aromatic carbocycles. The zero-order valence-corrected chi connectivity index (χ0v) is 21.5. The van der Waals surface area contributed by atoms with Crippen LogP contribution in [0.25, 0.3) is 0 Å². The third kappa shape index (κ3) is 3.71. The summed E-state index contributed by atoms with van der Waals surface area (Å²) in [5.74, 6) is -5.86. The molecule has 4 amide bonds. The number of allylic oxidation sites excluding steroid dienone is 2. The molecule has 2 aliphatic heterocycles. The van der Waals surface area contributed by atoms with Crippen molar-refractivity contribution in [1.29, 1.82) is 0 Å². The van der Waals surface area contributed by atoms with Crippen LogP contribution in [-0.2, 0) is 24.0 Å². The van der Waals surface area contributed by atoms with Crippen LogP contribution >= 0.6 is 0 Å². The molecule has 2 heterocycles. The number of phenolic OH excluding ortho intramolecular Hbond substituents is 2. The van der Waals surface area contributed by atoms with E-state index in [1.54, 1.807) is 6.92 Å². The summed E-state index contributed by atoms with van der Waals surface area (Å²) in [7, 11) is 0. The van der Waals surface area contributed by atoms with E-state index in [4.69, 9.17) is 0 Å². The molecule has 39 heavy (non-hydrogen) atoms. The van der Waals surface area contributed by atoms with Gasteiger partial charge in [-0.3, -0.25) is 33.8 Å². The molecule has 9 heteroatoms. The van der Waals surface area contributed by atoms with Gasteiger partial charge in [0.2, 0.25) is 23.6 Å². The van der Waals surface area contributed by atoms with E-state index in [1.165, 1.54) is 48.5 Å². The summed E-state index contributed by atoms with van der Waals surface area (Å²) < 4.78 is 0. The van der Waals surface area contributed by atoms with E-state index in [0.717, 1.165) is 15.4 Å². The highest BCUT2D eigenvalue weighted by Crippen LogP contribution is 2.52. The second kappa shape index (κ2) is 8.90. The molecule has 2 saturated heterocycles. The van der Waals surface area contributed by atoms with Crippen LogP contribution < -0.4 is 9.80 Å². The predicted octanol–water partition coefficient (Wildman–Crippen LogP) is 3.20. The van der Waals surface area contributed by atoms with Crippen molar-refractivity contribution in [2.75, 3.05) is 9.80 Å². The Morgan fingerprint density at radius 2 is 1.10 bits per heavy atom. The number of carbonyl (C=O) groups excluding carboxylic acids is 5. The van der Waals surface area contributed by atoms with Crippen LogP contribution in [0.15, 0.2) is 60.2 Å². The number of nitrogens with zero attached hydrogens (tertiary/aromatic N) is 2. The Bertz CT molecular complexity index is 1440. The summed E-state index contributed by atoms with van der Waals surface area (Å²) in [6.07, 6.45) is 2.26. The molecule has 2 aromatic rings. The monoisotopic (exact) mass is 528 g/mol. The van der Waals surface area contributed by atoms with E-state index >= 15 is 0 Å². The van der Waals surface area contributed by atoms with Gasteiger partial charge in [0.05, 0.1) is 29.1 Å². The summed E-state index contributed by atoms with van der Waals surface area (Å²) >= 11 is 0. The van der Waals surface area contributed by atoms with Gasteiger partial charge in [-0.25, -0.2) is 0 Å². The molecule has 2 aliphatic carbocycles. The van der Waals surface area contributed by atoms with Crippen LogP contribution in [0.4, 0.5) is 11.4 Å². The number of imide groups is 2. The van der Waals surface area contributed by atoms with Crippen LogP contribution in [0.5, 0.6) is 11.5 Å². The molecular formula is C30H28N2O7. The van der Waals surface area contributed by atoms with E-state index in [-0.39, 0.29) is 47.9 Å². The topological polar surface area (TPSA) is 132 Å². The maximum Gasteiger partial charge on any atom is 0.238 e. The lowest BCUT2D eigenvalue weighted by atomic mass is 9.60. The first-order valence-electron chi connectivity index (χ1n) is 13.2. The normalized spacial score (nSPS) is 32.4. The quantitative estimate of drug-likeness (QED) is 0.462. The highest BCUT2D eigenvalue weighted by atomic mass is 16.3. The summed E-state index contributed by atoms with van der Waals surface area (Å²) in [5, 5.41) is 19.2. The number of carbonyl (C=O) groups is 5. The summed E-state index contributed by atoms with van der Waals surface area (Å²) in [6.45, 7) is 3.55. The molecule has 6 rings (SSSR count). The first-order chi connectivity index (χ1) is 18.6. The van der Waals surface area contributed by atoms with Crippen LogP contribution in [0.2, 0.25) is 0 Å². The largest absolute Gasteiger partial charge is 0.508 e. The molecule has 1 saturated carbocycles. The molecule has 0 spiro atoms. The van der Waals surface area contributed by atoms with Crippen LogP contribution in [-0.4, -0.2) is 39.6 Å². The third-order valence-corrected chi connectivity index (χ3v) is 8.94. The zero-order chi connectivity index (χ0) is 27.7. The number of Topliss-reactive ketones (excluding diaryl/α,β-unsaturated/α-hetero) is 1. The van der Waals surface area contributed by atoms with Crippen molar-refractivity contribution < 1.29 is 34.2 Å². The number of aromatic hydroxyl groups is 2. The minimum atomic E-state index is -0.830. The molecule has 0 bridgehead atoms. The van der Waals surface area contributed by atoms with Crippen molar-refractivity contribution in [3.63, 3.8) is 0 Å². The molecule has 4 aliphatic rings. The fraction of sp³-hybridized carbons (Fsp3) is 0.367. The van der Waals surface area contributed by atoms with Crippen LogP contribution in [0, 0.1) is 41.4 Å². The lowest BCUT2D eigenvalue weighted by molar-refractivity contribution is -0.135. The Morgan fingerprint density at radius 3 is 1.67 bits per heavy atom. The Morgan fingerprint density at radius 1 is 0.615 bits per heavy atom. The van der Waals surface area contributed by atoms with Gasteiger partial charge in [-0.1, -0.05) is 25.5 Å². The maximum atomic E-state index is 13.6. The molecule has 9 nitrogen and oxygen atoms in total. The number of phenols is 2. The number of anilines is 2. The van der Waals surface area contributed by atoms with Gasteiger partial charge in [-0.2, -0.15) is 0 Å². The van der Waals surface area contributed by atoms with Crippen molar-refractivity contribution in [2.45, 2.75) is 26.7 Å². The van der Waals surface area contributed by atoms with E-state index in [2.05, 4.69) is 0 Å². The third-order valence-electron chi connectivity index (χ3n) is 8.94. The number of ketones is 1. The summed E-state index contributed by atoms with van der Waals surface area (Å²) in [6, 6.07) is 11.7. The van der Waals surface area contributed by atoms with E-state index in [9.17, 15) is 34.2 Å². The number of fused-ring (bicyclic) bond motifs is 3. The van der Waals surface area contributed by atoms with Gasteiger partial charge in [0.25, 0.3) is 0 Å². The van der Waals surface area contributed by atoms with E-state index in [1.807, 2.05) is 13.0 Å². The minimum Gasteiger partial charge on any atom is -0.508 e. The number of rotatable bonds is 3. The number of amides is 4. The highest BCUT2D eigenvalue weighted by Gasteiger charge is 2.59. The van der Waals surface area contributed by atoms with Gasteiger partial charge >= 0.3 is 0 Å². The second-order valence-corrected chi connectivity index (χ2v) is 11.1. The number of hydrogen-bond acceptors (Lipinski definition) is 7. The Hall–Kier alpha value is -4.27. The summed E-state index contributed by atoms with van der Waals surface area (Å²) in [5.41, 5.74) is 1.61. The van der Waals surface area contributed by atoms with Gasteiger partial charge < -0.3 is 10.2 Å². The fourth-order valence-corrected chi connectivity index (χ4v) is 7.09. The maximum absolute atomic E-state index is 13.6. The zero-order valence-electron chi connectivity index (χ0n) is 21.5.